The zero-order chi connectivity index (χ0) is 14.9. The molecule has 1 aromatic rings. The second-order valence-electron chi connectivity index (χ2n) is 6.28. The molecule has 0 bridgehead atoms. The molecular formula is C15H24ClN3O. The predicted octanol–water partition coefficient (Wildman–Crippen LogP) is 3.86. The van der Waals surface area contributed by atoms with E-state index in [1.807, 2.05) is 6.92 Å². The van der Waals surface area contributed by atoms with Gasteiger partial charge in [0, 0.05) is 0 Å². The monoisotopic (exact) mass is 297 g/mol. The first kappa shape index (κ1) is 15.4. The van der Waals surface area contributed by atoms with Crippen LogP contribution in [0.3, 0.4) is 0 Å². The molecule has 1 heterocycles. The lowest BCUT2D eigenvalue weighted by Crippen LogP contribution is -2.36. The zero-order valence-corrected chi connectivity index (χ0v) is 13.4. The maximum absolute atomic E-state index is 6.13. The molecule has 0 aromatic carbocycles. The fourth-order valence-electron chi connectivity index (χ4n) is 3.01. The van der Waals surface area contributed by atoms with Crippen LogP contribution in [-0.2, 0) is 0 Å². The molecule has 0 spiro atoms. The lowest BCUT2D eigenvalue weighted by atomic mass is 9.75. The van der Waals surface area contributed by atoms with Crippen molar-refractivity contribution in [3.63, 3.8) is 0 Å². The summed E-state index contributed by atoms with van der Waals surface area (Å²) < 4.78 is 6.13. The Labute approximate surface area is 126 Å². The molecule has 2 N–H and O–H groups in total. The van der Waals surface area contributed by atoms with E-state index < -0.39 is 0 Å². The molecule has 0 saturated heterocycles. The third-order valence-electron chi connectivity index (χ3n) is 4.30. The van der Waals surface area contributed by atoms with Gasteiger partial charge in [-0.3, -0.25) is 0 Å². The number of ether oxygens (including phenoxy) is 1. The highest BCUT2D eigenvalue weighted by Gasteiger charge is 2.33. The van der Waals surface area contributed by atoms with Crippen molar-refractivity contribution in [2.75, 3.05) is 5.73 Å². The van der Waals surface area contributed by atoms with Crippen LogP contribution < -0.4 is 10.5 Å². The summed E-state index contributed by atoms with van der Waals surface area (Å²) in [5.41, 5.74) is 7.18. The van der Waals surface area contributed by atoms with E-state index in [4.69, 9.17) is 22.1 Å². The molecule has 1 saturated carbocycles. The van der Waals surface area contributed by atoms with Crippen LogP contribution in [-0.4, -0.2) is 16.1 Å². The third kappa shape index (κ3) is 3.35. The summed E-state index contributed by atoms with van der Waals surface area (Å²) in [6, 6.07) is 0. The van der Waals surface area contributed by atoms with E-state index in [1.165, 1.54) is 12.8 Å². The summed E-state index contributed by atoms with van der Waals surface area (Å²) in [5, 5.41) is 0.191. The van der Waals surface area contributed by atoms with Gasteiger partial charge in [-0.15, -0.1) is 0 Å². The predicted molar refractivity (Wildman–Crippen MR) is 82.0 cm³/mol. The van der Waals surface area contributed by atoms with E-state index in [2.05, 4.69) is 30.7 Å². The van der Waals surface area contributed by atoms with Gasteiger partial charge in [-0.25, -0.2) is 4.98 Å². The normalized spacial score (nSPS) is 26.8. The lowest BCUT2D eigenvalue weighted by molar-refractivity contribution is 0.0431. The van der Waals surface area contributed by atoms with E-state index in [-0.39, 0.29) is 11.4 Å². The molecule has 2 rings (SSSR count). The van der Waals surface area contributed by atoms with Gasteiger partial charge in [-0.1, -0.05) is 27.2 Å². The largest absolute Gasteiger partial charge is 0.472 e. The van der Waals surface area contributed by atoms with Gasteiger partial charge in [0.2, 0.25) is 11.2 Å². The molecule has 3 atom stereocenters. The molecule has 0 aliphatic heterocycles. The number of nitrogens with zero attached hydrogens (tertiary/aromatic N) is 2. The number of aryl methyl sites for hydroxylation is 1. The van der Waals surface area contributed by atoms with Crippen LogP contribution in [0.4, 0.5) is 5.69 Å². The van der Waals surface area contributed by atoms with Crippen LogP contribution in [0.15, 0.2) is 0 Å². The first-order valence-electron chi connectivity index (χ1n) is 7.34. The van der Waals surface area contributed by atoms with Gasteiger partial charge in [0.25, 0.3) is 0 Å². The van der Waals surface area contributed by atoms with Gasteiger partial charge in [0.1, 0.15) is 11.8 Å². The highest BCUT2D eigenvalue weighted by Crippen LogP contribution is 2.37. The fourth-order valence-corrected chi connectivity index (χ4v) is 3.21. The minimum Gasteiger partial charge on any atom is -0.472 e. The summed E-state index contributed by atoms with van der Waals surface area (Å²) >= 11 is 5.91. The average Bonchev–Trinajstić information content (AvgIpc) is 2.35. The van der Waals surface area contributed by atoms with Gasteiger partial charge in [0.15, 0.2) is 0 Å². The number of hydrogen-bond acceptors (Lipinski definition) is 4. The van der Waals surface area contributed by atoms with Crippen molar-refractivity contribution in [1.29, 1.82) is 0 Å². The second-order valence-corrected chi connectivity index (χ2v) is 6.62. The number of rotatable bonds is 3. The minimum atomic E-state index is 0.159. The second kappa shape index (κ2) is 6.17. The van der Waals surface area contributed by atoms with Crippen molar-refractivity contribution < 1.29 is 4.74 Å². The van der Waals surface area contributed by atoms with Gasteiger partial charge in [-0.05, 0) is 49.1 Å². The topological polar surface area (TPSA) is 61.0 Å². The molecular weight excluding hydrogens is 274 g/mol. The number of hydrogen-bond donors (Lipinski definition) is 1. The van der Waals surface area contributed by atoms with E-state index in [0.717, 1.165) is 6.42 Å². The molecule has 1 aliphatic rings. The van der Waals surface area contributed by atoms with E-state index in [1.54, 1.807) is 0 Å². The first-order valence-corrected chi connectivity index (χ1v) is 7.72. The van der Waals surface area contributed by atoms with E-state index in [9.17, 15) is 0 Å². The highest BCUT2D eigenvalue weighted by atomic mass is 35.5. The fraction of sp³-hybridized carbons (Fsp3) is 0.733. The number of aromatic nitrogens is 2. The number of nitrogens with two attached hydrogens (primary N) is 1. The van der Waals surface area contributed by atoms with Gasteiger partial charge in [-0.2, -0.15) is 4.98 Å². The summed E-state index contributed by atoms with van der Waals surface area (Å²) in [7, 11) is 0. The smallest absolute Gasteiger partial charge is 0.242 e. The highest BCUT2D eigenvalue weighted by molar-refractivity contribution is 6.28. The summed E-state index contributed by atoms with van der Waals surface area (Å²) in [5.74, 6) is 2.24. The van der Waals surface area contributed by atoms with Crippen LogP contribution >= 0.6 is 11.6 Å². The molecule has 20 heavy (non-hydrogen) atoms. The third-order valence-corrected chi connectivity index (χ3v) is 4.47. The van der Waals surface area contributed by atoms with Crippen molar-refractivity contribution >= 4 is 17.3 Å². The molecule has 5 heteroatoms. The van der Waals surface area contributed by atoms with Crippen LogP contribution in [0.25, 0.3) is 0 Å². The standard InChI is InChI=1S/C15H24ClN3O/c1-8(2)11-6-5-9(3)7-12(11)20-14-13(17)10(4)18-15(16)19-14/h8-9,11-12H,5-7,17H2,1-4H3. The summed E-state index contributed by atoms with van der Waals surface area (Å²) in [6.45, 7) is 8.59. The minimum absolute atomic E-state index is 0.159. The Balaban J connectivity index is 2.22. The van der Waals surface area contributed by atoms with Crippen LogP contribution in [0.5, 0.6) is 5.88 Å². The van der Waals surface area contributed by atoms with Gasteiger partial charge < -0.3 is 10.5 Å². The van der Waals surface area contributed by atoms with Crippen LogP contribution in [0.1, 0.15) is 45.7 Å². The molecule has 1 aliphatic carbocycles. The van der Waals surface area contributed by atoms with Crippen molar-refractivity contribution in [1.82, 2.24) is 9.97 Å². The lowest BCUT2D eigenvalue weighted by Gasteiger charge is -2.37. The molecule has 1 aromatic heterocycles. The maximum Gasteiger partial charge on any atom is 0.242 e. The number of halogens is 1. The molecule has 0 radical (unpaired) electrons. The Bertz CT molecular complexity index is 478. The Morgan fingerprint density at radius 1 is 1.30 bits per heavy atom. The SMILES string of the molecule is Cc1nc(Cl)nc(OC2CC(C)CCC2C(C)C)c1N. The number of anilines is 1. The van der Waals surface area contributed by atoms with Crippen molar-refractivity contribution in [3.05, 3.63) is 11.0 Å². The summed E-state index contributed by atoms with van der Waals surface area (Å²) in [4.78, 5) is 8.20. The summed E-state index contributed by atoms with van der Waals surface area (Å²) in [6.07, 6.45) is 3.66. The van der Waals surface area contributed by atoms with Gasteiger partial charge in [0.05, 0.1) is 5.69 Å². The van der Waals surface area contributed by atoms with Gasteiger partial charge >= 0.3 is 0 Å². The Kier molecular flexibility index (Phi) is 4.74. The molecule has 4 nitrogen and oxygen atoms in total. The van der Waals surface area contributed by atoms with E-state index >= 15 is 0 Å². The Hall–Kier alpha value is -1.03. The molecule has 1 fully saturated rings. The van der Waals surface area contributed by atoms with Crippen LogP contribution in [0.2, 0.25) is 5.28 Å². The number of nitrogen functional groups attached to an aromatic ring is 1. The molecule has 3 unspecified atom stereocenters. The quantitative estimate of drug-likeness (QED) is 0.861. The molecule has 112 valence electrons. The van der Waals surface area contributed by atoms with Crippen molar-refractivity contribution in [3.8, 4) is 5.88 Å². The molecule has 0 amide bonds. The van der Waals surface area contributed by atoms with E-state index in [0.29, 0.717) is 35.0 Å². The average molecular weight is 298 g/mol. The Morgan fingerprint density at radius 3 is 2.65 bits per heavy atom. The van der Waals surface area contributed by atoms with Crippen molar-refractivity contribution in [2.45, 2.75) is 53.1 Å². The maximum atomic E-state index is 6.13. The first-order chi connectivity index (χ1) is 9.38. The van der Waals surface area contributed by atoms with Crippen molar-refractivity contribution in [2.24, 2.45) is 17.8 Å². The zero-order valence-electron chi connectivity index (χ0n) is 12.7. The Morgan fingerprint density at radius 2 is 2.00 bits per heavy atom. The van der Waals surface area contributed by atoms with Crippen LogP contribution in [0, 0.1) is 24.7 Å².